The van der Waals surface area contributed by atoms with Crippen molar-refractivity contribution in [3.8, 4) is 5.75 Å². The molecule has 0 spiro atoms. The lowest BCUT2D eigenvalue weighted by Crippen LogP contribution is -2.37. The number of rotatable bonds is 5. The van der Waals surface area contributed by atoms with Crippen LogP contribution in [0.4, 0.5) is 0 Å². The SMILES string of the molecule is COc1cccc(/C=N/NC(=O)C(=O)NCc2cccnc2)c1. The topological polar surface area (TPSA) is 92.7 Å². The number of amides is 2. The van der Waals surface area contributed by atoms with E-state index in [2.05, 4.69) is 20.8 Å². The van der Waals surface area contributed by atoms with Gasteiger partial charge >= 0.3 is 11.8 Å². The molecule has 0 atom stereocenters. The predicted octanol–water partition coefficient (Wildman–Crippen LogP) is 0.857. The first-order chi connectivity index (χ1) is 11.2. The van der Waals surface area contributed by atoms with E-state index in [0.717, 1.165) is 11.1 Å². The highest BCUT2D eigenvalue weighted by molar-refractivity contribution is 6.35. The number of hydrogen-bond donors (Lipinski definition) is 2. The van der Waals surface area contributed by atoms with Crippen molar-refractivity contribution < 1.29 is 14.3 Å². The van der Waals surface area contributed by atoms with Crippen LogP contribution in [0.1, 0.15) is 11.1 Å². The highest BCUT2D eigenvalue weighted by atomic mass is 16.5. The third-order valence-corrected chi connectivity index (χ3v) is 2.86. The Kier molecular flexibility index (Phi) is 5.81. The average Bonchev–Trinajstić information content (AvgIpc) is 2.60. The van der Waals surface area contributed by atoms with Crippen LogP contribution in [0.2, 0.25) is 0 Å². The molecule has 0 unspecified atom stereocenters. The summed E-state index contributed by atoms with van der Waals surface area (Å²) in [7, 11) is 1.56. The molecule has 118 valence electrons. The van der Waals surface area contributed by atoms with Gasteiger partial charge < -0.3 is 10.1 Å². The monoisotopic (exact) mass is 312 g/mol. The maximum atomic E-state index is 11.6. The van der Waals surface area contributed by atoms with Crippen LogP contribution in [-0.2, 0) is 16.1 Å². The second-order valence-electron chi connectivity index (χ2n) is 4.52. The second-order valence-corrected chi connectivity index (χ2v) is 4.52. The molecule has 0 saturated carbocycles. The van der Waals surface area contributed by atoms with E-state index in [1.165, 1.54) is 6.21 Å². The molecule has 1 aromatic carbocycles. The molecule has 0 saturated heterocycles. The van der Waals surface area contributed by atoms with Crippen molar-refractivity contribution in [2.24, 2.45) is 5.10 Å². The third-order valence-electron chi connectivity index (χ3n) is 2.86. The van der Waals surface area contributed by atoms with E-state index in [9.17, 15) is 9.59 Å². The molecule has 0 fully saturated rings. The summed E-state index contributed by atoms with van der Waals surface area (Å²) in [6, 6.07) is 10.7. The van der Waals surface area contributed by atoms with Gasteiger partial charge in [0.2, 0.25) is 0 Å². The molecule has 1 heterocycles. The molecule has 23 heavy (non-hydrogen) atoms. The molecule has 2 rings (SSSR count). The Labute approximate surface area is 133 Å². The maximum absolute atomic E-state index is 11.6. The van der Waals surface area contributed by atoms with E-state index in [0.29, 0.717) is 5.75 Å². The molecule has 7 heteroatoms. The van der Waals surface area contributed by atoms with Crippen LogP contribution < -0.4 is 15.5 Å². The lowest BCUT2D eigenvalue weighted by Gasteiger charge is -2.03. The molecule has 0 aliphatic heterocycles. The zero-order valence-electron chi connectivity index (χ0n) is 12.5. The predicted molar refractivity (Wildman–Crippen MR) is 84.8 cm³/mol. The Balaban J connectivity index is 1.81. The molecule has 1 aromatic heterocycles. The van der Waals surface area contributed by atoms with Crippen molar-refractivity contribution >= 4 is 18.0 Å². The number of pyridine rings is 1. The number of benzene rings is 1. The normalized spacial score (nSPS) is 10.3. The Bertz CT molecular complexity index is 701. The van der Waals surface area contributed by atoms with Gasteiger partial charge in [-0.3, -0.25) is 14.6 Å². The van der Waals surface area contributed by atoms with E-state index < -0.39 is 11.8 Å². The van der Waals surface area contributed by atoms with Gasteiger partial charge in [0.05, 0.1) is 13.3 Å². The van der Waals surface area contributed by atoms with Gasteiger partial charge in [-0.15, -0.1) is 0 Å². The molecular formula is C16H16N4O3. The van der Waals surface area contributed by atoms with Crippen LogP contribution in [0.25, 0.3) is 0 Å². The van der Waals surface area contributed by atoms with Gasteiger partial charge in [0.1, 0.15) is 5.75 Å². The number of hydrogen-bond acceptors (Lipinski definition) is 5. The number of ether oxygens (including phenoxy) is 1. The number of aromatic nitrogens is 1. The van der Waals surface area contributed by atoms with Gasteiger partial charge in [0, 0.05) is 18.9 Å². The largest absolute Gasteiger partial charge is 0.497 e. The number of carbonyl (C=O) groups excluding carboxylic acids is 2. The number of nitrogens with one attached hydrogen (secondary N) is 2. The van der Waals surface area contributed by atoms with Gasteiger partial charge in [0.15, 0.2) is 0 Å². The molecular weight excluding hydrogens is 296 g/mol. The minimum absolute atomic E-state index is 0.222. The summed E-state index contributed by atoms with van der Waals surface area (Å²) in [6.07, 6.45) is 4.67. The smallest absolute Gasteiger partial charge is 0.329 e. The Morgan fingerprint density at radius 3 is 2.87 bits per heavy atom. The van der Waals surface area contributed by atoms with Crippen LogP contribution in [0.15, 0.2) is 53.9 Å². The van der Waals surface area contributed by atoms with Crippen molar-refractivity contribution in [3.63, 3.8) is 0 Å². The second kappa shape index (κ2) is 8.28. The minimum atomic E-state index is -0.840. The third kappa shape index (κ3) is 5.24. The maximum Gasteiger partial charge on any atom is 0.329 e. The van der Waals surface area contributed by atoms with Crippen LogP contribution in [-0.4, -0.2) is 30.1 Å². The Morgan fingerprint density at radius 2 is 2.13 bits per heavy atom. The molecule has 2 N–H and O–H groups in total. The summed E-state index contributed by atoms with van der Waals surface area (Å²) in [5.74, 6) is -0.931. The lowest BCUT2D eigenvalue weighted by molar-refractivity contribution is -0.139. The molecule has 0 aliphatic carbocycles. The molecule has 0 bridgehead atoms. The quantitative estimate of drug-likeness (QED) is 0.486. The van der Waals surface area contributed by atoms with E-state index in [4.69, 9.17) is 4.74 Å². The van der Waals surface area contributed by atoms with E-state index in [1.807, 2.05) is 0 Å². The van der Waals surface area contributed by atoms with Gasteiger partial charge in [0.25, 0.3) is 0 Å². The van der Waals surface area contributed by atoms with E-state index in [1.54, 1.807) is 55.9 Å². The first-order valence-corrected chi connectivity index (χ1v) is 6.83. The zero-order valence-corrected chi connectivity index (χ0v) is 12.5. The highest BCUT2D eigenvalue weighted by Crippen LogP contribution is 2.10. The van der Waals surface area contributed by atoms with Crippen molar-refractivity contribution in [2.45, 2.75) is 6.54 Å². The summed E-state index contributed by atoms with van der Waals surface area (Å²) in [6.45, 7) is 0.222. The summed E-state index contributed by atoms with van der Waals surface area (Å²) in [4.78, 5) is 27.1. The highest BCUT2D eigenvalue weighted by Gasteiger charge is 2.11. The summed E-state index contributed by atoms with van der Waals surface area (Å²) >= 11 is 0. The molecule has 0 radical (unpaired) electrons. The van der Waals surface area contributed by atoms with Crippen LogP contribution in [0.5, 0.6) is 5.75 Å². The van der Waals surface area contributed by atoms with Crippen molar-refractivity contribution in [2.75, 3.05) is 7.11 Å². The molecule has 0 aliphatic rings. The fourth-order valence-electron chi connectivity index (χ4n) is 1.70. The van der Waals surface area contributed by atoms with E-state index >= 15 is 0 Å². The molecule has 2 amide bonds. The minimum Gasteiger partial charge on any atom is -0.497 e. The fourth-order valence-corrected chi connectivity index (χ4v) is 1.70. The first kappa shape index (κ1) is 16.2. The van der Waals surface area contributed by atoms with Crippen molar-refractivity contribution in [1.82, 2.24) is 15.7 Å². The Hall–Kier alpha value is -3.22. The first-order valence-electron chi connectivity index (χ1n) is 6.83. The van der Waals surface area contributed by atoms with Crippen LogP contribution >= 0.6 is 0 Å². The lowest BCUT2D eigenvalue weighted by atomic mass is 10.2. The van der Waals surface area contributed by atoms with Gasteiger partial charge in [-0.2, -0.15) is 5.10 Å². The average molecular weight is 312 g/mol. The summed E-state index contributed by atoms with van der Waals surface area (Å²) < 4.78 is 5.08. The van der Waals surface area contributed by atoms with Crippen LogP contribution in [0, 0.1) is 0 Å². The zero-order chi connectivity index (χ0) is 16.5. The number of methoxy groups -OCH3 is 1. The number of nitrogens with zero attached hydrogens (tertiary/aromatic N) is 2. The van der Waals surface area contributed by atoms with Gasteiger partial charge in [-0.1, -0.05) is 18.2 Å². The standard InChI is InChI=1S/C16H16N4O3/c1-23-14-6-2-4-12(8-14)11-19-20-16(22)15(21)18-10-13-5-3-7-17-9-13/h2-9,11H,10H2,1H3,(H,18,21)(H,20,22)/b19-11+. The molecule has 7 nitrogen and oxygen atoms in total. The number of hydrazone groups is 1. The van der Waals surface area contributed by atoms with Crippen LogP contribution in [0.3, 0.4) is 0 Å². The molecule has 2 aromatic rings. The van der Waals surface area contributed by atoms with Gasteiger partial charge in [-0.05, 0) is 29.3 Å². The van der Waals surface area contributed by atoms with Crippen molar-refractivity contribution in [3.05, 3.63) is 59.9 Å². The van der Waals surface area contributed by atoms with Crippen molar-refractivity contribution in [1.29, 1.82) is 0 Å². The number of carbonyl (C=O) groups is 2. The summed E-state index contributed by atoms with van der Waals surface area (Å²) in [5, 5.41) is 6.22. The van der Waals surface area contributed by atoms with E-state index in [-0.39, 0.29) is 6.54 Å². The fraction of sp³-hybridized carbons (Fsp3) is 0.125. The van der Waals surface area contributed by atoms with Gasteiger partial charge in [-0.25, -0.2) is 5.43 Å². The summed E-state index contributed by atoms with van der Waals surface area (Å²) in [5.41, 5.74) is 3.70. The Morgan fingerprint density at radius 1 is 1.26 bits per heavy atom.